The number of rotatable bonds is 0. The van der Waals surface area contributed by atoms with Crippen molar-refractivity contribution in [3.63, 3.8) is 0 Å². The smallest absolute Gasteiger partial charge is 0.0443 e. The quantitative estimate of drug-likeness (QED) is 0.444. The van der Waals surface area contributed by atoms with Crippen LogP contribution in [0.15, 0.2) is 0 Å². The van der Waals surface area contributed by atoms with Gasteiger partial charge in [-0.3, -0.25) is 0 Å². The average molecular weight is 242 g/mol. The predicted molar refractivity (Wildman–Crippen MR) is 82.5 cm³/mol. The van der Waals surface area contributed by atoms with E-state index in [1.807, 2.05) is 0 Å². The fourth-order valence-corrected chi connectivity index (χ4v) is 2.73. The van der Waals surface area contributed by atoms with Crippen LogP contribution in [0.4, 0.5) is 0 Å². The Kier molecular flexibility index (Phi) is 12.6. The van der Waals surface area contributed by atoms with Gasteiger partial charge in [0.1, 0.15) is 0 Å². The molecule has 2 saturated carbocycles. The van der Waals surface area contributed by atoms with E-state index in [0.29, 0.717) is 0 Å². The lowest BCUT2D eigenvalue weighted by atomic mass is 9.84. The molecule has 0 heterocycles. The van der Waals surface area contributed by atoms with Gasteiger partial charge in [0.2, 0.25) is 0 Å². The lowest BCUT2D eigenvalue weighted by Crippen LogP contribution is -2.08. The third kappa shape index (κ3) is 9.68. The molecular formula is C17H38. The van der Waals surface area contributed by atoms with Gasteiger partial charge >= 0.3 is 0 Å². The molecule has 0 nitrogen and oxygen atoms in total. The zero-order chi connectivity index (χ0) is 11.1. The predicted octanol–water partition coefficient (Wildman–Crippen LogP) is 6.69. The Balaban J connectivity index is 0. The summed E-state index contributed by atoms with van der Waals surface area (Å²) in [6, 6.07) is 0. The summed E-state index contributed by atoms with van der Waals surface area (Å²) in [6.45, 7) is 7.09. The van der Waals surface area contributed by atoms with Crippen LogP contribution in [0.1, 0.15) is 93.4 Å². The average Bonchev–Trinajstić information content (AvgIpc) is 2.25. The Morgan fingerprint density at radius 3 is 1.00 bits per heavy atom. The summed E-state index contributed by atoms with van der Waals surface area (Å²) in [5.74, 6) is 3.08. The largest absolute Gasteiger partial charge is 0.0776 e. The Hall–Kier alpha value is 0. The van der Waals surface area contributed by atoms with E-state index < -0.39 is 0 Å². The molecule has 106 valence electrons. The maximum atomic E-state index is 2.37. The zero-order valence-electron chi connectivity index (χ0n) is 11.1. The molecule has 2 fully saturated rings. The van der Waals surface area contributed by atoms with Crippen LogP contribution < -0.4 is 0 Å². The van der Waals surface area contributed by atoms with Gasteiger partial charge in [0.05, 0.1) is 0 Å². The molecule has 0 saturated heterocycles. The van der Waals surface area contributed by atoms with Gasteiger partial charge < -0.3 is 0 Å². The van der Waals surface area contributed by atoms with Crippen molar-refractivity contribution < 1.29 is 0 Å². The standard InChI is InChI=1S/C8H16.C7H14.2CH4/c1-7-3-5-8(2)6-4-7;1-7-5-3-2-4-6-7;;/h7-8H,3-6H2,1-2H3;7H,2-6H2,1H3;2*1H4. The molecule has 0 N–H and O–H groups in total. The van der Waals surface area contributed by atoms with Gasteiger partial charge in [-0.15, -0.1) is 0 Å². The van der Waals surface area contributed by atoms with Gasteiger partial charge in [0.25, 0.3) is 0 Å². The molecular weight excluding hydrogens is 204 g/mol. The molecule has 0 amide bonds. The van der Waals surface area contributed by atoms with E-state index in [0.717, 1.165) is 17.8 Å². The first-order valence-electron chi connectivity index (χ1n) is 7.18. The third-order valence-electron chi connectivity index (χ3n) is 4.20. The van der Waals surface area contributed by atoms with Crippen molar-refractivity contribution in [2.75, 3.05) is 0 Å². The summed E-state index contributed by atoms with van der Waals surface area (Å²) in [4.78, 5) is 0. The van der Waals surface area contributed by atoms with Gasteiger partial charge in [-0.2, -0.15) is 0 Å². The summed E-state index contributed by atoms with van der Waals surface area (Å²) in [7, 11) is 0. The molecule has 2 aliphatic rings. The van der Waals surface area contributed by atoms with E-state index in [1.165, 1.54) is 57.8 Å². The SMILES string of the molecule is C.C.CC1CCC(C)CC1.CC1CCCCC1. The second kappa shape index (κ2) is 11.1. The normalized spacial score (nSPS) is 29.1. The summed E-state index contributed by atoms with van der Waals surface area (Å²) < 4.78 is 0. The van der Waals surface area contributed by atoms with E-state index in [1.54, 1.807) is 0 Å². The second-order valence-corrected chi connectivity index (χ2v) is 6.11. The Bertz CT molecular complexity index is 126. The summed E-state index contributed by atoms with van der Waals surface area (Å²) in [5, 5.41) is 0. The van der Waals surface area contributed by atoms with Gasteiger partial charge in [-0.05, 0) is 17.8 Å². The number of hydrogen-bond acceptors (Lipinski definition) is 0. The molecule has 0 aliphatic heterocycles. The zero-order valence-corrected chi connectivity index (χ0v) is 11.1. The molecule has 0 bridgehead atoms. The topological polar surface area (TPSA) is 0 Å². The van der Waals surface area contributed by atoms with Crippen LogP contribution >= 0.6 is 0 Å². The van der Waals surface area contributed by atoms with E-state index in [4.69, 9.17) is 0 Å². The van der Waals surface area contributed by atoms with Crippen molar-refractivity contribution in [2.24, 2.45) is 17.8 Å². The molecule has 17 heavy (non-hydrogen) atoms. The highest BCUT2D eigenvalue weighted by Gasteiger charge is 2.13. The van der Waals surface area contributed by atoms with Crippen molar-refractivity contribution in [3.05, 3.63) is 0 Å². The van der Waals surface area contributed by atoms with Crippen molar-refractivity contribution in [2.45, 2.75) is 93.4 Å². The van der Waals surface area contributed by atoms with Crippen LogP contribution in [-0.2, 0) is 0 Å². The molecule has 2 aliphatic carbocycles. The van der Waals surface area contributed by atoms with Crippen LogP contribution in [0, 0.1) is 17.8 Å². The fraction of sp³-hybridized carbons (Fsp3) is 1.00. The van der Waals surface area contributed by atoms with Crippen molar-refractivity contribution in [1.82, 2.24) is 0 Å². The monoisotopic (exact) mass is 242 g/mol. The van der Waals surface area contributed by atoms with Crippen molar-refractivity contribution in [3.8, 4) is 0 Å². The van der Waals surface area contributed by atoms with Crippen LogP contribution in [0.3, 0.4) is 0 Å². The molecule has 0 radical (unpaired) electrons. The molecule has 0 aromatic carbocycles. The lowest BCUT2D eigenvalue weighted by molar-refractivity contribution is 0.308. The summed E-state index contributed by atoms with van der Waals surface area (Å²) in [5.41, 5.74) is 0. The molecule has 0 atom stereocenters. The summed E-state index contributed by atoms with van der Waals surface area (Å²) >= 11 is 0. The molecule has 0 spiro atoms. The van der Waals surface area contributed by atoms with Gasteiger partial charge in [0.15, 0.2) is 0 Å². The van der Waals surface area contributed by atoms with Crippen LogP contribution in [0.25, 0.3) is 0 Å². The first-order chi connectivity index (χ1) is 7.18. The van der Waals surface area contributed by atoms with E-state index in [-0.39, 0.29) is 14.9 Å². The molecule has 0 aromatic rings. The first kappa shape index (κ1) is 19.3. The highest BCUT2D eigenvalue weighted by atomic mass is 14.2. The molecule has 0 heteroatoms. The van der Waals surface area contributed by atoms with Gasteiger partial charge in [-0.25, -0.2) is 0 Å². The Morgan fingerprint density at radius 1 is 0.471 bits per heavy atom. The molecule has 2 rings (SSSR count). The van der Waals surface area contributed by atoms with Gasteiger partial charge in [-0.1, -0.05) is 93.4 Å². The maximum Gasteiger partial charge on any atom is -0.0443 e. The van der Waals surface area contributed by atoms with Crippen molar-refractivity contribution in [1.29, 1.82) is 0 Å². The highest BCUT2D eigenvalue weighted by Crippen LogP contribution is 2.27. The minimum Gasteiger partial charge on any atom is -0.0776 e. The van der Waals surface area contributed by atoms with Crippen LogP contribution in [0.2, 0.25) is 0 Å². The lowest BCUT2D eigenvalue weighted by Gasteiger charge is -2.22. The Labute approximate surface area is 112 Å². The van der Waals surface area contributed by atoms with Crippen LogP contribution in [0.5, 0.6) is 0 Å². The minimum absolute atomic E-state index is 0. The molecule has 0 unspecified atom stereocenters. The number of hydrogen-bond donors (Lipinski definition) is 0. The maximum absolute atomic E-state index is 2.37. The van der Waals surface area contributed by atoms with E-state index in [9.17, 15) is 0 Å². The summed E-state index contributed by atoms with van der Waals surface area (Å²) in [6.07, 6.45) is 13.3. The molecule has 0 aromatic heterocycles. The van der Waals surface area contributed by atoms with E-state index >= 15 is 0 Å². The fourth-order valence-electron chi connectivity index (χ4n) is 2.73. The van der Waals surface area contributed by atoms with E-state index in [2.05, 4.69) is 20.8 Å². The van der Waals surface area contributed by atoms with Gasteiger partial charge in [0, 0.05) is 0 Å². The second-order valence-electron chi connectivity index (χ2n) is 6.11. The minimum atomic E-state index is 0. The first-order valence-corrected chi connectivity index (χ1v) is 7.18. The third-order valence-corrected chi connectivity index (χ3v) is 4.20. The highest BCUT2D eigenvalue weighted by molar-refractivity contribution is 4.65. The Morgan fingerprint density at radius 2 is 0.765 bits per heavy atom. The van der Waals surface area contributed by atoms with Crippen LogP contribution in [-0.4, -0.2) is 0 Å². The van der Waals surface area contributed by atoms with Crippen molar-refractivity contribution >= 4 is 0 Å².